The Bertz CT molecular complexity index is 385. The fraction of sp³-hybridized carbons (Fsp3) is 0.870. The zero-order chi connectivity index (χ0) is 20.5. The van der Waals surface area contributed by atoms with Crippen LogP contribution in [-0.4, -0.2) is 52.9 Å². The number of aliphatic carboxylic acids is 1. The third-order valence-electron chi connectivity index (χ3n) is 5.58. The first-order valence-corrected chi connectivity index (χ1v) is 11.4. The van der Waals surface area contributed by atoms with E-state index in [2.05, 4.69) is 26.8 Å². The van der Waals surface area contributed by atoms with E-state index in [-0.39, 0.29) is 5.92 Å². The summed E-state index contributed by atoms with van der Waals surface area (Å²) >= 11 is 0. The van der Waals surface area contributed by atoms with Gasteiger partial charge in [0.05, 0.1) is 19.6 Å². The summed E-state index contributed by atoms with van der Waals surface area (Å²) in [6.45, 7) is 11.8. The number of nitrogens with zero attached hydrogens (tertiary/aromatic N) is 1. The molecule has 0 radical (unpaired) electrons. The van der Waals surface area contributed by atoms with Crippen LogP contribution < -0.4 is 0 Å². The maximum absolute atomic E-state index is 11.7. The molecule has 0 aliphatic heterocycles. The standard InChI is InChI=1S/C23H45NO3/c1-5-9-12-13-16-22(25)20-24(17-14-10-6-2,18-15-11-7-3)19-21(8-4)23(26)27/h13,16,21-22,25H,5-12,14-15,17-20H2,1-4H3/p+1/b16-13+. The van der Waals surface area contributed by atoms with Crippen molar-refractivity contribution < 1.29 is 19.5 Å². The highest BCUT2D eigenvalue weighted by Crippen LogP contribution is 2.20. The van der Waals surface area contributed by atoms with Gasteiger partial charge in [-0.15, -0.1) is 0 Å². The predicted octanol–water partition coefficient (Wildman–Crippen LogP) is 5.40. The molecule has 0 fully saturated rings. The second-order valence-corrected chi connectivity index (χ2v) is 8.15. The fourth-order valence-electron chi connectivity index (χ4n) is 3.83. The molecular weight excluding hydrogens is 338 g/mol. The van der Waals surface area contributed by atoms with E-state index in [1.165, 1.54) is 12.8 Å². The van der Waals surface area contributed by atoms with Gasteiger partial charge in [-0.25, -0.2) is 0 Å². The Balaban J connectivity index is 5.30. The Kier molecular flexibility index (Phi) is 15.6. The lowest BCUT2D eigenvalue weighted by Gasteiger charge is -2.41. The molecule has 0 spiro atoms. The van der Waals surface area contributed by atoms with Crippen molar-refractivity contribution in [2.75, 3.05) is 26.2 Å². The molecule has 2 unspecified atom stereocenters. The molecule has 0 bridgehead atoms. The minimum Gasteiger partial charge on any atom is -0.481 e. The monoisotopic (exact) mass is 384 g/mol. The highest BCUT2D eigenvalue weighted by atomic mass is 16.4. The molecule has 0 heterocycles. The van der Waals surface area contributed by atoms with Gasteiger partial charge in [0.2, 0.25) is 0 Å². The van der Waals surface area contributed by atoms with Gasteiger partial charge in [-0.2, -0.15) is 0 Å². The molecule has 2 N–H and O–H groups in total. The molecule has 0 aliphatic rings. The maximum atomic E-state index is 11.7. The van der Waals surface area contributed by atoms with Crippen molar-refractivity contribution in [3.8, 4) is 0 Å². The van der Waals surface area contributed by atoms with Crippen LogP contribution in [0.15, 0.2) is 12.2 Å². The van der Waals surface area contributed by atoms with Gasteiger partial charge >= 0.3 is 5.97 Å². The number of carboxylic acid groups (broad SMARTS) is 1. The molecule has 2 atom stereocenters. The molecule has 0 aromatic carbocycles. The molecule has 160 valence electrons. The molecule has 0 saturated heterocycles. The lowest BCUT2D eigenvalue weighted by molar-refractivity contribution is -0.933. The largest absolute Gasteiger partial charge is 0.481 e. The van der Waals surface area contributed by atoms with E-state index in [0.717, 1.165) is 62.5 Å². The zero-order valence-corrected chi connectivity index (χ0v) is 18.5. The normalized spacial score (nSPS) is 14.6. The second kappa shape index (κ2) is 16.1. The number of aliphatic hydroxyl groups excluding tert-OH is 1. The van der Waals surface area contributed by atoms with Gasteiger partial charge in [0.15, 0.2) is 0 Å². The Morgan fingerprint density at radius 1 is 0.889 bits per heavy atom. The van der Waals surface area contributed by atoms with Crippen molar-refractivity contribution in [2.24, 2.45) is 5.92 Å². The van der Waals surface area contributed by atoms with Gasteiger partial charge in [-0.3, -0.25) is 4.79 Å². The SMILES string of the molecule is CCCC/C=C/C(O)C[N+](CCCCC)(CCCCC)CC(CC)C(=O)O. The summed E-state index contributed by atoms with van der Waals surface area (Å²) in [7, 11) is 0. The molecular formula is C23H46NO3+. The number of unbranched alkanes of at least 4 members (excludes halogenated alkanes) is 6. The van der Waals surface area contributed by atoms with E-state index >= 15 is 0 Å². The van der Waals surface area contributed by atoms with Crippen molar-refractivity contribution in [2.45, 2.75) is 98.0 Å². The van der Waals surface area contributed by atoms with Crippen LogP contribution in [0.3, 0.4) is 0 Å². The zero-order valence-electron chi connectivity index (χ0n) is 18.5. The van der Waals surface area contributed by atoms with Crippen LogP contribution in [-0.2, 0) is 4.79 Å². The van der Waals surface area contributed by atoms with Crippen LogP contribution in [0.1, 0.15) is 91.9 Å². The number of hydrogen-bond donors (Lipinski definition) is 2. The number of rotatable bonds is 18. The Morgan fingerprint density at radius 2 is 1.44 bits per heavy atom. The van der Waals surface area contributed by atoms with Gasteiger partial charge in [0.25, 0.3) is 0 Å². The third-order valence-corrected chi connectivity index (χ3v) is 5.58. The maximum Gasteiger partial charge on any atom is 0.312 e. The lowest BCUT2D eigenvalue weighted by Crippen LogP contribution is -2.56. The molecule has 0 saturated carbocycles. The topological polar surface area (TPSA) is 57.5 Å². The van der Waals surface area contributed by atoms with E-state index in [9.17, 15) is 15.0 Å². The minimum absolute atomic E-state index is 0.329. The summed E-state index contributed by atoms with van der Waals surface area (Å²) in [4.78, 5) is 11.7. The summed E-state index contributed by atoms with van der Waals surface area (Å²) in [5, 5.41) is 20.3. The van der Waals surface area contributed by atoms with Gasteiger partial charge in [-0.1, -0.05) is 65.5 Å². The van der Waals surface area contributed by atoms with Crippen LogP contribution in [0, 0.1) is 5.92 Å². The average Bonchev–Trinajstić information content (AvgIpc) is 2.63. The van der Waals surface area contributed by atoms with Gasteiger partial charge < -0.3 is 14.7 Å². The molecule has 0 aromatic rings. The minimum atomic E-state index is -0.695. The third kappa shape index (κ3) is 12.2. The van der Waals surface area contributed by atoms with Crippen molar-refractivity contribution in [3.63, 3.8) is 0 Å². The summed E-state index contributed by atoms with van der Waals surface area (Å²) in [5.74, 6) is -1.02. The first-order chi connectivity index (χ1) is 12.9. The van der Waals surface area contributed by atoms with E-state index in [0.29, 0.717) is 19.5 Å². The number of carbonyl (C=O) groups is 1. The highest BCUT2D eigenvalue weighted by molar-refractivity contribution is 5.69. The molecule has 4 nitrogen and oxygen atoms in total. The van der Waals surface area contributed by atoms with E-state index < -0.39 is 12.1 Å². The van der Waals surface area contributed by atoms with Crippen molar-refractivity contribution in [1.29, 1.82) is 0 Å². The van der Waals surface area contributed by atoms with Crippen LogP contribution in [0.5, 0.6) is 0 Å². The second-order valence-electron chi connectivity index (χ2n) is 8.15. The Labute approximate surface area is 168 Å². The number of carboxylic acids is 1. The van der Waals surface area contributed by atoms with Crippen LogP contribution >= 0.6 is 0 Å². The first kappa shape index (κ1) is 26.1. The van der Waals surface area contributed by atoms with Crippen LogP contribution in [0.4, 0.5) is 0 Å². The number of aliphatic hydroxyl groups is 1. The first-order valence-electron chi connectivity index (χ1n) is 11.4. The van der Waals surface area contributed by atoms with Crippen molar-refractivity contribution >= 4 is 5.97 Å². The smallest absolute Gasteiger partial charge is 0.312 e. The van der Waals surface area contributed by atoms with Crippen molar-refractivity contribution in [1.82, 2.24) is 0 Å². The summed E-state index contributed by atoms with van der Waals surface area (Å²) in [6, 6.07) is 0. The predicted molar refractivity (Wildman–Crippen MR) is 115 cm³/mol. The van der Waals surface area contributed by atoms with Gasteiger partial charge in [-0.05, 0) is 38.5 Å². The van der Waals surface area contributed by atoms with Gasteiger partial charge in [0, 0.05) is 0 Å². The molecule has 0 rings (SSSR count). The molecule has 0 aromatic heterocycles. The van der Waals surface area contributed by atoms with Gasteiger partial charge in [0.1, 0.15) is 18.6 Å². The Hall–Kier alpha value is -0.870. The summed E-state index contributed by atoms with van der Waals surface area (Å²) in [5.41, 5.74) is 0. The van der Waals surface area contributed by atoms with Crippen molar-refractivity contribution in [3.05, 3.63) is 12.2 Å². The average molecular weight is 385 g/mol. The van der Waals surface area contributed by atoms with Crippen LogP contribution in [0.25, 0.3) is 0 Å². The van der Waals surface area contributed by atoms with E-state index in [1.54, 1.807) is 0 Å². The quantitative estimate of drug-likeness (QED) is 0.189. The molecule has 0 amide bonds. The number of quaternary nitrogens is 1. The van der Waals surface area contributed by atoms with E-state index in [1.807, 2.05) is 13.0 Å². The molecule has 4 heteroatoms. The Morgan fingerprint density at radius 3 is 1.89 bits per heavy atom. The highest BCUT2D eigenvalue weighted by Gasteiger charge is 2.34. The number of hydrogen-bond acceptors (Lipinski definition) is 2. The van der Waals surface area contributed by atoms with E-state index in [4.69, 9.17) is 0 Å². The number of allylic oxidation sites excluding steroid dienone is 1. The fourth-order valence-corrected chi connectivity index (χ4v) is 3.83. The van der Waals surface area contributed by atoms with Crippen LogP contribution in [0.2, 0.25) is 0 Å². The lowest BCUT2D eigenvalue weighted by atomic mass is 10.0. The summed E-state index contributed by atoms with van der Waals surface area (Å²) in [6.07, 6.45) is 14.4. The summed E-state index contributed by atoms with van der Waals surface area (Å²) < 4.78 is 0.740. The molecule has 0 aliphatic carbocycles. The molecule has 27 heavy (non-hydrogen) atoms.